The van der Waals surface area contributed by atoms with E-state index in [0.29, 0.717) is 25.9 Å². The summed E-state index contributed by atoms with van der Waals surface area (Å²) in [5.74, 6) is 1.55. The van der Waals surface area contributed by atoms with Crippen LogP contribution >= 0.6 is 0 Å². The average molecular weight is 360 g/mol. The predicted octanol–water partition coefficient (Wildman–Crippen LogP) is -0.846. The minimum absolute atomic E-state index is 0.0424. The van der Waals surface area contributed by atoms with Gasteiger partial charge in [-0.1, -0.05) is 0 Å². The average Bonchev–Trinajstić information content (AvgIpc) is 3.27. The molecule has 0 radical (unpaired) electrons. The summed E-state index contributed by atoms with van der Waals surface area (Å²) in [4.78, 5) is 26.3. The summed E-state index contributed by atoms with van der Waals surface area (Å²) in [5.41, 5.74) is 11.3. The molecule has 4 N–H and O–H groups in total. The number of amides is 2. The highest BCUT2D eigenvalue weighted by Crippen LogP contribution is 2.18. The number of nitrogens with two attached hydrogens (primary N) is 2. The Balaban J connectivity index is 0.000000151. The van der Waals surface area contributed by atoms with Gasteiger partial charge in [0.05, 0.1) is 24.5 Å². The summed E-state index contributed by atoms with van der Waals surface area (Å²) in [6.45, 7) is 1.42. The van der Waals surface area contributed by atoms with Gasteiger partial charge in [0.1, 0.15) is 11.6 Å². The number of hydrogen-bond donors (Lipinski definition) is 2. The van der Waals surface area contributed by atoms with Gasteiger partial charge in [-0.2, -0.15) is 10.2 Å². The van der Waals surface area contributed by atoms with Crippen LogP contribution in [0.15, 0.2) is 24.5 Å². The number of carbonyl (C=O) groups excluding carboxylic acids is 2. The second kappa shape index (κ2) is 7.26. The van der Waals surface area contributed by atoms with Crippen molar-refractivity contribution in [3.8, 4) is 0 Å². The first kappa shape index (κ1) is 18.1. The van der Waals surface area contributed by atoms with Crippen LogP contribution in [0, 0.1) is 0 Å². The SMILES string of the molecule is CN1C(=O)[C@@H](N)CCn2nccc21.CN1C(=O)[C@H](N)CCn2nccc21. The van der Waals surface area contributed by atoms with Crippen molar-refractivity contribution in [2.45, 2.75) is 38.0 Å². The van der Waals surface area contributed by atoms with E-state index in [1.807, 2.05) is 12.1 Å². The molecule has 0 aliphatic carbocycles. The second-order valence-electron chi connectivity index (χ2n) is 6.41. The molecule has 0 saturated heterocycles. The Kier molecular flexibility index (Phi) is 5.05. The van der Waals surface area contributed by atoms with Crippen LogP contribution in [-0.2, 0) is 22.7 Å². The van der Waals surface area contributed by atoms with Gasteiger partial charge in [0, 0.05) is 39.3 Å². The summed E-state index contributed by atoms with van der Waals surface area (Å²) in [6, 6.07) is 2.84. The van der Waals surface area contributed by atoms with E-state index in [0.717, 1.165) is 11.6 Å². The Morgan fingerprint density at radius 2 is 1.23 bits per heavy atom. The second-order valence-corrected chi connectivity index (χ2v) is 6.41. The minimum atomic E-state index is -0.397. The van der Waals surface area contributed by atoms with Crippen molar-refractivity contribution >= 4 is 23.5 Å². The third-order valence-corrected chi connectivity index (χ3v) is 4.67. The number of anilines is 2. The molecule has 0 unspecified atom stereocenters. The largest absolute Gasteiger partial charge is 0.320 e. The van der Waals surface area contributed by atoms with E-state index in [2.05, 4.69) is 10.2 Å². The number of likely N-dealkylation sites (N-methyl/N-ethyl adjacent to an activating group) is 2. The molecule has 2 aromatic heterocycles. The maximum atomic E-state index is 11.6. The van der Waals surface area contributed by atoms with Crippen LogP contribution in [-0.4, -0.2) is 57.6 Å². The predicted molar refractivity (Wildman–Crippen MR) is 96.5 cm³/mol. The smallest absolute Gasteiger partial charge is 0.244 e. The zero-order valence-electron chi connectivity index (χ0n) is 14.9. The van der Waals surface area contributed by atoms with Gasteiger partial charge in [-0.15, -0.1) is 0 Å². The van der Waals surface area contributed by atoms with Crippen LogP contribution in [0.25, 0.3) is 0 Å². The molecule has 0 fully saturated rings. The van der Waals surface area contributed by atoms with Gasteiger partial charge in [0.25, 0.3) is 0 Å². The molecule has 10 heteroatoms. The maximum absolute atomic E-state index is 11.6. The molecule has 140 valence electrons. The topological polar surface area (TPSA) is 128 Å². The molecule has 0 saturated carbocycles. The lowest BCUT2D eigenvalue weighted by Crippen LogP contribution is -2.40. The van der Waals surface area contributed by atoms with Gasteiger partial charge in [0.2, 0.25) is 11.8 Å². The van der Waals surface area contributed by atoms with Gasteiger partial charge < -0.3 is 11.5 Å². The van der Waals surface area contributed by atoms with E-state index >= 15 is 0 Å². The number of fused-ring (bicyclic) bond motifs is 2. The van der Waals surface area contributed by atoms with Crippen molar-refractivity contribution in [1.29, 1.82) is 0 Å². The molecular formula is C16H24N8O2. The maximum Gasteiger partial charge on any atom is 0.244 e. The Bertz CT molecular complexity index is 732. The highest BCUT2D eigenvalue weighted by atomic mass is 16.2. The third-order valence-electron chi connectivity index (χ3n) is 4.67. The zero-order valence-corrected chi connectivity index (χ0v) is 14.9. The van der Waals surface area contributed by atoms with Crippen LogP contribution in [0.4, 0.5) is 11.6 Å². The first-order valence-corrected chi connectivity index (χ1v) is 8.50. The first-order chi connectivity index (χ1) is 12.4. The number of aryl methyl sites for hydroxylation is 2. The number of nitrogens with zero attached hydrogens (tertiary/aromatic N) is 6. The number of rotatable bonds is 0. The molecule has 2 aromatic rings. The molecule has 2 aliphatic rings. The molecule has 2 aliphatic heterocycles. The molecule has 10 nitrogen and oxygen atoms in total. The Morgan fingerprint density at radius 1 is 0.846 bits per heavy atom. The van der Waals surface area contributed by atoms with E-state index in [-0.39, 0.29) is 11.8 Å². The molecule has 2 atom stereocenters. The normalized spacial score (nSPS) is 22.8. The lowest BCUT2D eigenvalue weighted by molar-refractivity contribution is -0.120. The van der Waals surface area contributed by atoms with Gasteiger partial charge in [-0.3, -0.25) is 19.4 Å². The van der Waals surface area contributed by atoms with E-state index in [4.69, 9.17) is 11.5 Å². The first-order valence-electron chi connectivity index (χ1n) is 8.50. The van der Waals surface area contributed by atoms with E-state index < -0.39 is 12.1 Å². The molecule has 2 amide bonds. The quantitative estimate of drug-likeness (QED) is 0.630. The summed E-state index contributed by atoms with van der Waals surface area (Å²) < 4.78 is 3.59. The van der Waals surface area contributed by atoms with E-state index in [9.17, 15) is 9.59 Å². The van der Waals surface area contributed by atoms with Gasteiger partial charge in [0.15, 0.2) is 0 Å². The lowest BCUT2D eigenvalue weighted by Gasteiger charge is -2.16. The number of hydrogen-bond acceptors (Lipinski definition) is 6. The summed E-state index contributed by atoms with van der Waals surface area (Å²) in [5, 5.41) is 8.21. The summed E-state index contributed by atoms with van der Waals surface area (Å²) >= 11 is 0. The molecular weight excluding hydrogens is 336 g/mol. The van der Waals surface area contributed by atoms with Crippen molar-refractivity contribution in [3.63, 3.8) is 0 Å². The zero-order chi connectivity index (χ0) is 18.8. The fraction of sp³-hybridized carbons (Fsp3) is 0.500. The van der Waals surface area contributed by atoms with Gasteiger partial charge >= 0.3 is 0 Å². The van der Waals surface area contributed by atoms with Crippen molar-refractivity contribution < 1.29 is 9.59 Å². The highest BCUT2D eigenvalue weighted by Gasteiger charge is 2.26. The summed E-state index contributed by atoms with van der Waals surface area (Å²) in [6.07, 6.45) is 4.68. The fourth-order valence-corrected chi connectivity index (χ4v) is 3.06. The molecule has 0 spiro atoms. The molecule has 0 aromatic carbocycles. The molecule has 4 rings (SSSR count). The van der Waals surface area contributed by atoms with Crippen molar-refractivity contribution in [1.82, 2.24) is 19.6 Å². The number of carbonyl (C=O) groups is 2. The van der Waals surface area contributed by atoms with Crippen LogP contribution < -0.4 is 21.3 Å². The monoisotopic (exact) mass is 360 g/mol. The van der Waals surface area contributed by atoms with E-state index in [1.165, 1.54) is 0 Å². The standard InChI is InChI=1S/2C8H12N4O/c2*1-11-7-2-4-10-12(7)5-3-6(9)8(11)13/h2*2,4,6H,3,5,9H2,1H3/t2*6-/m10/s1. The minimum Gasteiger partial charge on any atom is -0.320 e. The summed E-state index contributed by atoms with van der Waals surface area (Å²) in [7, 11) is 3.45. The lowest BCUT2D eigenvalue weighted by atomic mass is 10.2. The van der Waals surface area contributed by atoms with Crippen LogP contribution in [0.2, 0.25) is 0 Å². The highest BCUT2D eigenvalue weighted by molar-refractivity contribution is 5.96. The van der Waals surface area contributed by atoms with Crippen LogP contribution in [0.5, 0.6) is 0 Å². The third kappa shape index (κ3) is 3.33. The Hall–Kier alpha value is -2.72. The van der Waals surface area contributed by atoms with Crippen molar-refractivity contribution in [2.24, 2.45) is 11.5 Å². The molecule has 26 heavy (non-hydrogen) atoms. The fourth-order valence-electron chi connectivity index (χ4n) is 3.06. The Morgan fingerprint density at radius 3 is 1.62 bits per heavy atom. The van der Waals surface area contributed by atoms with Crippen molar-refractivity contribution in [3.05, 3.63) is 24.5 Å². The van der Waals surface area contributed by atoms with Crippen LogP contribution in [0.3, 0.4) is 0 Å². The Labute approximate surface area is 151 Å². The van der Waals surface area contributed by atoms with Crippen LogP contribution in [0.1, 0.15) is 12.8 Å². The van der Waals surface area contributed by atoms with E-state index in [1.54, 1.807) is 45.7 Å². The number of aromatic nitrogens is 4. The molecule has 4 heterocycles. The van der Waals surface area contributed by atoms with Gasteiger partial charge in [-0.05, 0) is 12.8 Å². The van der Waals surface area contributed by atoms with Gasteiger partial charge in [-0.25, -0.2) is 9.36 Å². The molecule has 0 bridgehead atoms. The van der Waals surface area contributed by atoms with Crippen molar-refractivity contribution in [2.75, 3.05) is 23.9 Å².